The highest BCUT2D eigenvalue weighted by Crippen LogP contribution is 2.27. The average Bonchev–Trinajstić information content (AvgIpc) is 3.08. The van der Waals surface area contributed by atoms with Gasteiger partial charge in [-0.05, 0) is 47.2 Å². The van der Waals surface area contributed by atoms with Gasteiger partial charge < -0.3 is 0 Å². The molecule has 0 saturated carbocycles. The van der Waals surface area contributed by atoms with Crippen molar-refractivity contribution < 1.29 is 8.42 Å². The van der Waals surface area contributed by atoms with Gasteiger partial charge in [0.1, 0.15) is 4.21 Å². The molecule has 0 aliphatic carbocycles. The van der Waals surface area contributed by atoms with Crippen LogP contribution in [0.3, 0.4) is 0 Å². The zero-order chi connectivity index (χ0) is 14.9. The molecule has 3 rings (SSSR count). The van der Waals surface area contributed by atoms with Crippen molar-refractivity contribution in [1.29, 1.82) is 0 Å². The Bertz CT molecular complexity index is 835. The lowest BCUT2D eigenvalue weighted by Crippen LogP contribution is -2.33. The van der Waals surface area contributed by atoms with Gasteiger partial charge in [0.15, 0.2) is 0 Å². The van der Waals surface area contributed by atoms with Gasteiger partial charge in [-0.3, -0.25) is 0 Å². The molecule has 0 fully saturated rings. The predicted molar refractivity (Wildman–Crippen MR) is 89.6 cm³/mol. The molecule has 21 heavy (non-hydrogen) atoms. The molecule has 3 aromatic rings. The SMILES string of the molecule is CC(Cc1csc2ccccc12)NS(=O)(=O)c1cccs1. The molecular weight excluding hydrogens is 322 g/mol. The first-order valence-corrected chi connectivity index (χ1v) is 9.81. The molecular formula is C15H15NO2S3. The van der Waals surface area contributed by atoms with Crippen LogP contribution in [0, 0.1) is 0 Å². The molecule has 0 bridgehead atoms. The summed E-state index contributed by atoms with van der Waals surface area (Å²) < 4.78 is 28.7. The fourth-order valence-electron chi connectivity index (χ4n) is 2.30. The topological polar surface area (TPSA) is 46.2 Å². The van der Waals surface area contributed by atoms with E-state index in [2.05, 4.69) is 22.2 Å². The largest absolute Gasteiger partial charge is 0.250 e. The summed E-state index contributed by atoms with van der Waals surface area (Å²) in [6.45, 7) is 1.90. The molecule has 0 spiro atoms. The van der Waals surface area contributed by atoms with E-state index in [-0.39, 0.29) is 6.04 Å². The van der Waals surface area contributed by atoms with Crippen molar-refractivity contribution in [3.63, 3.8) is 0 Å². The molecule has 0 saturated heterocycles. The van der Waals surface area contributed by atoms with E-state index in [0.717, 1.165) is 0 Å². The molecule has 2 heterocycles. The second-order valence-corrected chi connectivity index (χ2v) is 8.72. The third-order valence-corrected chi connectivity index (χ3v) is 7.20. The predicted octanol–water partition coefficient (Wildman–Crippen LogP) is 3.87. The number of nitrogens with one attached hydrogen (secondary N) is 1. The number of hydrogen-bond acceptors (Lipinski definition) is 4. The van der Waals surface area contributed by atoms with Crippen molar-refractivity contribution in [3.05, 3.63) is 52.7 Å². The molecule has 110 valence electrons. The van der Waals surface area contributed by atoms with Crippen LogP contribution >= 0.6 is 22.7 Å². The summed E-state index contributed by atoms with van der Waals surface area (Å²) in [4.78, 5) is 0. The van der Waals surface area contributed by atoms with Crippen LogP contribution in [-0.2, 0) is 16.4 Å². The van der Waals surface area contributed by atoms with Crippen LogP contribution in [0.1, 0.15) is 12.5 Å². The van der Waals surface area contributed by atoms with Gasteiger partial charge in [0, 0.05) is 10.7 Å². The molecule has 1 unspecified atom stereocenters. The monoisotopic (exact) mass is 337 g/mol. The smallest absolute Gasteiger partial charge is 0.207 e. The summed E-state index contributed by atoms with van der Waals surface area (Å²) in [5.74, 6) is 0. The lowest BCUT2D eigenvalue weighted by atomic mass is 10.1. The van der Waals surface area contributed by atoms with E-state index in [1.54, 1.807) is 28.8 Å². The highest BCUT2D eigenvalue weighted by Gasteiger charge is 2.19. The van der Waals surface area contributed by atoms with Crippen molar-refractivity contribution in [3.8, 4) is 0 Å². The number of rotatable bonds is 5. The lowest BCUT2D eigenvalue weighted by molar-refractivity contribution is 0.562. The first-order chi connectivity index (χ1) is 10.1. The summed E-state index contributed by atoms with van der Waals surface area (Å²) in [6, 6.07) is 11.4. The maximum atomic E-state index is 12.2. The van der Waals surface area contributed by atoms with Crippen LogP contribution < -0.4 is 4.72 Å². The van der Waals surface area contributed by atoms with Crippen LogP contribution in [0.2, 0.25) is 0 Å². The van der Waals surface area contributed by atoms with Crippen LogP contribution in [-0.4, -0.2) is 14.5 Å². The maximum absolute atomic E-state index is 12.2. The minimum Gasteiger partial charge on any atom is -0.207 e. The van der Waals surface area contributed by atoms with Gasteiger partial charge in [-0.1, -0.05) is 24.3 Å². The molecule has 0 radical (unpaired) electrons. The molecule has 1 aromatic carbocycles. The Morgan fingerprint density at radius 2 is 1.95 bits per heavy atom. The van der Waals surface area contributed by atoms with Crippen LogP contribution in [0.5, 0.6) is 0 Å². The van der Waals surface area contributed by atoms with Crippen LogP contribution in [0.15, 0.2) is 51.4 Å². The van der Waals surface area contributed by atoms with E-state index >= 15 is 0 Å². The van der Waals surface area contributed by atoms with Gasteiger partial charge in [0.2, 0.25) is 10.0 Å². The van der Waals surface area contributed by atoms with Crippen LogP contribution in [0.4, 0.5) is 0 Å². The van der Waals surface area contributed by atoms with Crippen molar-refractivity contribution in [2.24, 2.45) is 0 Å². The number of thiophene rings is 2. The fraction of sp³-hybridized carbons (Fsp3) is 0.200. The van der Waals surface area contributed by atoms with Gasteiger partial charge in [-0.25, -0.2) is 13.1 Å². The Kier molecular flexibility index (Phi) is 4.12. The average molecular weight is 337 g/mol. The Morgan fingerprint density at radius 3 is 2.71 bits per heavy atom. The Hall–Kier alpha value is -1.21. The highest BCUT2D eigenvalue weighted by molar-refractivity contribution is 7.91. The van der Waals surface area contributed by atoms with E-state index in [4.69, 9.17) is 0 Å². The van der Waals surface area contributed by atoms with Crippen molar-refractivity contribution >= 4 is 42.8 Å². The first-order valence-electron chi connectivity index (χ1n) is 6.57. The van der Waals surface area contributed by atoms with E-state index < -0.39 is 10.0 Å². The second kappa shape index (κ2) is 5.88. The molecule has 6 heteroatoms. The van der Waals surface area contributed by atoms with E-state index in [9.17, 15) is 8.42 Å². The van der Waals surface area contributed by atoms with Gasteiger partial charge in [-0.2, -0.15) is 0 Å². The molecule has 0 amide bonds. The lowest BCUT2D eigenvalue weighted by Gasteiger charge is -2.13. The van der Waals surface area contributed by atoms with Crippen LogP contribution in [0.25, 0.3) is 10.1 Å². The van der Waals surface area contributed by atoms with E-state index in [0.29, 0.717) is 10.6 Å². The highest BCUT2D eigenvalue weighted by atomic mass is 32.2. The third kappa shape index (κ3) is 3.18. The molecule has 3 nitrogen and oxygen atoms in total. The van der Waals surface area contributed by atoms with E-state index in [1.165, 1.54) is 27.0 Å². The molecule has 0 aliphatic heterocycles. The molecule has 2 aromatic heterocycles. The number of hydrogen-bond donors (Lipinski definition) is 1. The van der Waals surface area contributed by atoms with Gasteiger partial charge >= 0.3 is 0 Å². The van der Waals surface area contributed by atoms with Gasteiger partial charge in [-0.15, -0.1) is 22.7 Å². The Morgan fingerprint density at radius 1 is 1.14 bits per heavy atom. The summed E-state index contributed by atoms with van der Waals surface area (Å²) in [6.07, 6.45) is 0.689. The first kappa shape index (κ1) is 14.7. The minimum absolute atomic E-state index is 0.143. The van der Waals surface area contributed by atoms with Crippen molar-refractivity contribution in [2.45, 2.75) is 23.6 Å². The Balaban J connectivity index is 1.76. The molecule has 1 N–H and O–H groups in total. The summed E-state index contributed by atoms with van der Waals surface area (Å²) in [7, 11) is -3.40. The zero-order valence-electron chi connectivity index (χ0n) is 11.4. The summed E-state index contributed by atoms with van der Waals surface area (Å²) in [5, 5.41) is 5.09. The normalized spacial score (nSPS) is 13.6. The maximum Gasteiger partial charge on any atom is 0.250 e. The molecule has 0 aliphatic rings. The van der Waals surface area contributed by atoms with Gasteiger partial charge in [0.05, 0.1) is 0 Å². The second-order valence-electron chi connectivity index (χ2n) is 4.92. The molecule has 1 atom stereocenters. The van der Waals surface area contributed by atoms with Gasteiger partial charge in [0.25, 0.3) is 0 Å². The summed E-state index contributed by atoms with van der Waals surface area (Å²) in [5.41, 5.74) is 1.19. The minimum atomic E-state index is -3.40. The third-order valence-electron chi connectivity index (χ3n) is 3.20. The number of fused-ring (bicyclic) bond motifs is 1. The quantitative estimate of drug-likeness (QED) is 0.768. The van der Waals surface area contributed by atoms with Crippen molar-refractivity contribution in [2.75, 3.05) is 0 Å². The zero-order valence-corrected chi connectivity index (χ0v) is 13.9. The number of benzene rings is 1. The van der Waals surface area contributed by atoms with Crippen molar-refractivity contribution in [1.82, 2.24) is 4.72 Å². The van der Waals surface area contributed by atoms with E-state index in [1.807, 2.05) is 19.1 Å². The standard InChI is InChI=1S/C15H15NO2S3/c1-11(16-21(17,18)15-7-4-8-19-15)9-12-10-20-14-6-3-2-5-13(12)14/h2-8,10-11,16H,9H2,1H3. The number of sulfonamides is 1. The fourth-order valence-corrected chi connectivity index (χ4v) is 5.53. The Labute approximate surface area is 132 Å². The summed E-state index contributed by atoms with van der Waals surface area (Å²) >= 11 is 2.93.